The number of hydrogen-bond acceptors (Lipinski definition) is 5. The number of nitrogens with zero attached hydrogens (tertiary/aromatic N) is 2. The summed E-state index contributed by atoms with van der Waals surface area (Å²) in [7, 11) is 0. The SMILES string of the molecule is Cc1ccc(N2C3=C(C(=O)CCC3)C(c3ccc([N+](=O)[O-])cc3)C3=C2CCCC3=O)cc1. The molecule has 0 N–H and O–H groups in total. The number of ketones is 2. The number of hydrogen-bond donors (Lipinski definition) is 0. The molecule has 0 amide bonds. The Hall–Kier alpha value is -3.54. The molecule has 5 rings (SSSR count). The van der Waals surface area contributed by atoms with Crippen molar-refractivity contribution in [3.05, 3.63) is 92.3 Å². The number of nitro groups is 1. The van der Waals surface area contributed by atoms with E-state index in [4.69, 9.17) is 0 Å². The van der Waals surface area contributed by atoms with Crippen LogP contribution in [0.25, 0.3) is 0 Å². The first-order valence-electron chi connectivity index (χ1n) is 11.1. The van der Waals surface area contributed by atoms with Gasteiger partial charge in [0.25, 0.3) is 5.69 Å². The molecule has 0 atom stereocenters. The summed E-state index contributed by atoms with van der Waals surface area (Å²) in [4.78, 5) is 39.4. The molecule has 32 heavy (non-hydrogen) atoms. The number of allylic oxidation sites excluding steroid dienone is 4. The zero-order valence-electron chi connectivity index (χ0n) is 18.0. The van der Waals surface area contributed by atoms with Gasteiger partial charge in [-0.05, 0) is 50.3 Å². The van der Waals surface area contributed by atoms with E-state index in [-0.39, 0.29) is 17.3 Å². The highest BCUT2D eigenvalue weighted by atomic mass is 16.6. The lowest BCUT2D eigenvalue weighted by Crippen LogP contribution is -2.39. The number of carbonyl (C=O) groups is 2. The lowest BCUT2D eigenvalue weighted by molar-refractivity contribution is -0.384. The molecule has 0 saturated carbocycles. The van der Waals surface area contributed by atoms with E-state index in [0.29, 0.717) is 24.0 Å². The topological polar surface area (TPSA) is 80.5 Å². The third-order valence-electron chi connectivity index (χ3n) is 6.70. The van der Waals surface area contributed by atoms with E-state index >= 15 is 0 Å². The molecule has 0 radical (unpaired) electrons. The van der Waals surface area contributed by atoms with Gasteiger partial charge in [-0.3, -0.25) is 19.7 Å². The Morgan fingerprint density at radius 1 is 0.812 bits per heavy atom. The zero-order valence-corrected chi connectivity index (χ0v) is 18.0. The Bertz CT molecular complexity index is 1150. The van der Waals surface area contributed by atoms with Crippen LogP contribution < -0.4 is 4.90 Å². The number of carbonyl (C=O) groups excluding carboxylic acids is 2. The van der Waals surface area contributed by atoms with Gasteiger partial charge in [-0.1, -0.05) is 29.8 Å². The maximum Gasteiger partial charge on any atom is 0.269 e. The zero-order chi connectivity index (χ0) is 22.4. The molecule has 1 aliphatic heterocycles. The first-order valence-corrected chi connectivity index (χ1v) is 11.1. The van der Waals surface area contributed by atoms with Gasteiger partial charge < -0.3 is 4.90 Å². The Kier molecular flexibility index (Phi) is 5.00. The van der Waals surface area contributed by atoms with Crippen LogP contribution in [0.2, 0.25) is 0 Å². The van der Waals surface area contributed by atoms with Gasteiger partial charge in [-0.25, -0.2) is 0 Å². The van der Waals surface area contributed by atoms with Crippen LogP contribution in [-0.2, 0) is 9.59 Å². The molecule has 2 aromatic rings. The molecule has 2 aliphatic carbocycles. The first kappa shape index (κ1) is 20.4. The Labute approximate surface area is 186 Å². The third kappa shape index (κ3) is 3.27. The van der Waals surface area contributed by atoms with Crippen LogP contribution in [0.1, 0.15) is 55.6 Å². The van der Waals surface area contributed by atoms with Crippen LogP contribution in [-0.4, -0.2) is 16.5 Å². The van der Waals surface area contributed by atoms with Gasteiger partial charge in [0, 0.05) is 59.1 Å². The monoisotopic (exact) mass is 428 g/mol. The first-order chi connectivity index (χ1) is 15.5. The average Bonchev–Trinajstić information content (AvgIpc) is 2.79. The molecule has 6 heteroatoms. The highest BCUT2D eigenvalue weighted by Gasteiger charge is 2.43. The summed E-state index contributed by atoms with van der Waals surface area (Å²) in [5, 5.41) is 11.1. The van der Waals surface area contributed by atoms with E-state index < -0.39 is 10.8 Å². The summed E-state index contributed by atoms with van der Waals surface area (Å²) < 4.78 is 0. The molecule has 0 unspecified atom stereocenters. The summed E-state index contributed by atoms with van der Waals surface area (Å²) in [6.07, 6.45) is 4.02. The molecular weight excluding hydrogens is 404 g/mol. The van der Waals surface area contributed by atoms with Crippen LogP contribution in [0.4, 0.5) is 11.4 Å². The fourth-order valence-corrected chi connectivity index (χ4v) is 5.25. The van der Waals surface area contributed by atoms with Gasteiger partial charge >= 0.3 is 0 Å². The highest BCUT2D eigenvalue weighted by molar-refractivity contribution is 6.07. The summed E-state index contributed by atoms with van der Waals surface area (Å²) in [5.74, 6) is -0.323. The maximum atomic E-state index is 13.3. The number of benzene rings is 2. The van der Waals surface area contributed by atoms with E-state index in [1.807, 2.05) is 19.1 Å². The number of non-ortho nitro benzene ring substituents is 1. The van der Waals surface area contributed by atoms with Crippen LogP contribution >= 0.6 is 0 Å². The van der Waals surface area contributed by atoms with Gasteiger partial charge in [0.05, 0.1) is 4.92 Å². The second-order valence-electron chi connectivity index (χ2n) is 8.73. The van der Waals surface area contributed by atoms with Gasteiger partial charge in [-0.2, -0.15) is 0 Å². The molecule has 1 heterocycles. The van der Waals surface area contributed by atoms with Gasteiger partial charge in [0.2, 0.25) is 0 Å². The van der Waals surface area contributed by atoms with Crippen LogP contribution in [0, 0.1) is 17.0 Å². The minimum absolute atomic E-state index is 0.000751. The van der Waals surface area contributed by atoms with E-state index in [1.54, 1.807) is 12.1 Å². The van der Waals surface area contributed by atoms with Crippen molar-refractivity contribution >= 4 is 22.9 Å². The molecule has 0 saturated heterocycles. The van der Waals surface area contributed by atoms with Crippen molar-refractivity contribution in [2.24, 2.45) is 0 Å². The Morgan fingerprint density at radius 2 is 1.34 bits per heavy atom. The van der Waals surface area contributed by atoms with Gasteiger partial charge in [-0.15, -0.1) is 0 Å². The van der Waals surface area contributed by atoms with Gasteiger partial charge in [0.15, 0.2) is 11.6 Å². The molecule has 2 aromatic carbocycles. The second-order valence-corrected chi connectivity index (χ2v) is 8.73. The van der Waals surface area contributed by atoms with E-state index in [2.05, 4.69) is 17.0 Å². The van der Waals surface area contributed by atoms with E-state index in [0.717, 1.165) is 53.9 Å². The third-order valence-corrected chi connectivity index (χ3v) is 6.70. The molecule has 162 valence electrons. The predicted octanol–water partition coefficient (Wildman–Crippen LogP) is 5.52. The van der Waals surface area contributed by atoms with Crippen molar-refractivity contribution in [3.63, 3.8) is 0 Å². The molecule has 0 bridgehead atoms. The number of Topliss-reactive ketones (excluding diaryl/α,β-unsaturated/α-hetero) is 2. The molecule has 0 spiro atoms. The van der Waals surface area contributed by atoms with Crippen molar-refractivity contribution in [2.75, 3.05) is 4.90 Å². The minimum Gasteiger partial charge on any atom is -0.317 e. The Morgan fingerprint density at radius 3 is 1.84 bits per heavy atom. The van der Waals surface area contributed by atoms with Crippen molar-refractivity contribution in [1.82, 2.24) is 0 Å². The van der Waals surface area contributed by atoms with Crippen LogP contribution in [0.15, 0.2) is 71.1 Å². The summed E-state index contributed by atoms with van der Waals surface area (Å²) in [6, 6.07) is 14.5. The largest absolute Gasteiger partial charge is 0.317 e. The van der Waals surface area contributed by atoms with Gasteiger partial charge in [0.1, 0.15) is 0 Å². The van der Waals surface area contributed by atoms with Crippen molar-refractivity contribution in [3.8, 4) is 0 Å². The Balaban J connectivity index is 1.74. The molecule has 3 aliphatic rings. The van der Waals surface area contributed by atoms with Crippen molar-refractivity contribution in [2.45, 2.75) is 51.4 Å². The lowest BCUT2D eigenvalue weighted by Gasteiger charge is -2.44. The average molecular weight is 428 g/mol. The lowest BCUT2D eigenvalue weighted by atomic mass is 9.71. The van der Waals surface area contributed by atoms with E-state index in [1.165, 1.54) is 12.1 Å². The molecule has 0 aromatic heterocycles. The molecule has 6 nitrogen and oxygen atoms in total. The normalized spacial score (nSPS) is 19.2. The number of aryl methyl sites for hydroxylation is 1. The maximum absolute atomic E-state index is 13.3. The van der Waals surface area contributed by atoms with Crippen LogP contribution in [0.3, 0.4) is 0 Å². The summed E-state index contributed by atoms with van der Waals surface area (Å²) >= 11 is 0. The number of nitro benzene ring substituents is 1. The number of anilines is 1. The molecule has 0 fully saturated rings. The summed E-state index contributed by atoms with van der Waals surface area (Å²) in [5.41, 5.74) is 6.20. The smallest absolute Gasteiger partial charge is 0.269 e. The second kappa shape index (κ2) is 7.86. The van der Waals surface area contributed by atoms with E-state index in [9.17, 15) is 19.7 Å². The van der Waals surface area contributed by atoms with Crippen molar-refractivity contribution in [1.29, 1.82) is 0 Å². The quantitative estimate of drug-likeness (QED) is 0.475. The van der Waals surface area contributed by atoms with Crippen molar-refractivity contribution < 1.29 is 14.5 Å². The predicted molar refractivity (Wildman–Crippen MR) is 121 cm³/mol. The summed E-state index contributed by atoms with van der Waals surface area (Å²) in [6.45, 7) is 2.04. The van der Waals surface area contributed by atoms with Crippen LogP contribution in [0.5, 0.6) is 0 Å². The number of rotatable bonds is 3. The fraction of sp³-hybridized carbons (Fsp3) is 0.308. The fourth-order valence-electron chi connectivity index (χ4n) is 5.25. The highest BCUT2D eigenvalue weighted by Crippen LogP contribution is 2.50. The standard InChI is InChI=1S/C26H24N2O4/c1-16-8-12-18(13-9-16)27-20-4-2-6-22(29)25(20)24(26-21(27)5-3-7-23(26)30)17-10-14-19(15-11-17)28(31)32/h8-15,24H,2-7H2,1H3. The molecular formula is C26H24N2O4. The minimum atomic E-state index is -0.455.